The van der Waals surface area contributed by atoms with Crippen molar-refractivity contribution in [3.05, 3.63) is 99.7 Å². The number of nitrogens with one attached hydrogen (secondary N) is 2. The van der Waals surface area contributed by atoms with Gasteiger partial charge in [-0.25, -0.2) is 9.69 Å². The molecule has 188 valence electrons. The molecule has 1 heterocycles. The second-order valence-corrected chi connectivity index (χ2v) is 9.11. The highest BCUT2D eigenvalue weighted by molar-refractivity contribution is 6.53. The number of hydrogen-bond acceptors (Lipinski definition) is 6. The Hall–Kier alpha value is -4.14. The number of anilines is 3. The summed E-state index contributed by atoms with van der Waals surface area (Å²) in [5, 5.41) is 5.83. The van der Waals surface area contributed by atoms with E-state index >= 15 is 0 Å². The fourth-order valence-electron chi connectivity index (χ4n) is 3.46. The summed E-state index contributed by atoms with van der Waals surface area (Å²) in [6.45, 7) is 3.53. The van der Waals surface area contributed by atoms with Gasteiger partial charge in [0.15, 0.2) is 0 Å². The average Bonchev–Trinajstić information content (AvgIpc) is 3.08. The first-order chi connectivity index (χ1) is 17.6. The van der Waals surface area contributed by atoms with Crippen molar-refractivity contribution in [2.24, 2.45) is 0 Å². The lowest BCUT2D eigenvalue weighted by molar-refractivity contribution is -0.120. The first-order valence-corrected chi connectivity index (χ1v) is 11.9. The number of rotatable bonds is 7. The van der Waals surface area contributed by atoms with Crippen LogP contribution in [0.3, 0.4) is 0 Å². The Balaban J connectivity index is 1.41. The molecular formula is C27H21Cl2N3O5. The highest BCUT2D eigenvalue weighted by Gasteiger charge is 2.38. The van der Waals surface area contributed by atoms with Gasteiger partial charge in [0.2, 0.25) is 0 Å². The summed E-state index contributed by atoms with van der Waals surface area (Å²) in [5.41, 5.74) is 1.95. The maximum absolute atomic E-state index is 12.9. The minimum Gasteiger partial charge on any atom is -0.459 e. The number of halogens is 2. The van der Waals surface area contributed by atoms with Gasteiger partial charge in [-0.2, -0.15) is 0 Å². The summed E-state index contributed by atoms with van der Waals surface area (Å²) in [6.07, 6.45) is -0.230. The van der Waals surface area contributed by atoms with Crippen LogP contribution in [0.1, 0.15) is 34.6 Å². The molecule has 0 aromatic heterocycles. The van der Waals surface area contributed by atoms with Crippen molar-refractivity contribution in [3.8, 4) is 0 Å². The molecule has 1 aliphatic heterocycles. The largest absolute Gasteiger partial charge is 0.459 e. The van der Waals surface area contributed by atoms with Crippen LogP contribution in [0.25, 0.3) is 0 Å². The molecule has 2 N–H and O–H groups in total. The minimum atomic E-state index is -0.657. The van der Waals surface area contributed by atoms with E-state index in [1.165, 1.54) is 0 Å². The van der Waals surface area contributed by atoms with E-state index in [1.807, 2.05) is 0 Å². The summed E-state index contributed by atoms with van der Waals surface area (Å²) in [5.74, 6) is -2.08. The van der Waals surface area contributed by atoms with Gasteiger partial charge in [-0.3, -0.25) is 14.4 Å². The molecule has 1 aliphatic rings. The Morgan fingerprint density at radius 2 is 1.35 bits per heavy atom. The van der Waals surface area contributed by atoms with E-state index in [9.17, 15) is 19.2 Å². The van der Waals surface area contributed by atoms with Gasteiger partial charge in [0, 0.05) is 22.0 Å². The topological polar surface area (TPSA) is 105 Å². The van der Waals surface area contributed by atoms with Crippen molar-refractivity contribution >= 4 is 64.0 Å². The number of carbonyl (C=O) groups is 4. The lowest BCUT2D eigenvalue weighted by Gasteiger charge is -2.15. The van der Waals surface area contributed by atoms with E-state index < -0.39 is 17.8 Å². The lowest BCUT2D eigenvalue weighted by Crippen LogP contribution is -2.32. The minimum absolute atomic E-state index is 0.0742. The fourth-order valence-corrected chi connectivity index (χ4v) is 3.80. The lowest BCUT2D eigenvalue weighted by atomic mass is 10.1. The number of imide groups is 1. The van der Waals surface area contributed by atoms with E-state index in [1.54, 1.807) is 86.6 Å². The van der Waals surface area contributed by atoms with Crippen molar-refractivity contribution in [1.29, 1.82) is 0 Å². The van der Waals surface area contributed by atoms with Gasteiger partial charge in [0.1, 0.15) is 10.7 Å². The number of carbonyl (C=O) groups excluding carboxylic acids is 4. The van der Waals surface area contributed by atoms with Gasteiger partial charge in [0.25, 0.3) is 17.7 Å². The summed E-state index contributed by atoms with van der Waals surface area (Å²) in [6, 6.07) is 18.8. The van der Waals surface area contributed by atoms with E-state index in [0.717, 1.165) is 4.90 Å². The number of nitrogens with zero attached hydrogens (tertiary/aromatic N) is 1. The van der Waals surface area contributed by atoms with Crippen molar-refractivity contribution < 1.29 is 23.9 Å². The third-order valence-corrected chi connectivity index (χ3v) is 5.85. The molecule has 0 aliphatic carbocycles. The van der Waals surface area contributed by atoms with Crippen LogP contribution in [0.5, 0.6) is 0 Å². The summed E-state index contributed by atoms with van der Waals surface area (Å²) in [4.78, 5) is 51.0. The van der Waals surface area contributed by atoms with E-state index in [4.69, 9.17) is 27.9 Å². The number of amides is 3. The molecule has 10 heteroatoms. The van der Waals surface area contributed by atoms with Crippen LogP contribution in [0.4, 0.5) is 17.1 Å². The molecule has 8 nitrogen and oxygen atoms in total. The number of ether oxygens (including phenoxy) is 1. The van der Waals surface area contributed by atoms with Crippen LogP contribution in [0, 0.1) is 0 Å². The highest BCUT2D eigenvalue weighted by Crippen LogP contribution is 2.30. The Morgan fingerprint density at radius 1 is 0.784 bits per heavy atom. The zero-order valence-corrected chi connectivity index (χ0v) is 21.3. The van der Waals surface area contributed by atoms with Crippen LogP contribution in [0.2, 0.25) is 5.02 Å². The quantitative estimate of drug-likeness (QED) is 0.300. The van der Waals surface area contributed by atoms with Crippen LogP contribution < -0.4 is 15.5 Å². The SMILES string of the molecule is CC(C)OC(=O)c1ccc(NC(=O)c2ccc(NC3=C(Cl)C(=O)N(c4ccc(Cl)cc4)C3=O)cc2)cc1. The van der Waals surface area contributed by atoms with Crippen LogP contribution >= 0.6 is 23.2 Å². The van der Waals surface area contributed by atoms with Gasteiger partial charge < -0.3 is 15.4 Å². The smallest absolute Gasteiger partial charge is 0.338 e. The molecule has 0 fully saturated rings. The average molecular weight is 538 g/mol. The Kier molecular flexibility index (Phi) is 7.61. The molecule has 4 rings (SSSR count). The molecule has 0 atom stereocenters. The van der Waals surface area contributed by atoms with Crippen molar-refractivity contribution in [1.82, 2.24) is 0 Å². The molecule has 37 heavy (non-hydrogen) atoms. The van der Waals surface area contributed by atoms with Crippen molar-refractivity contribution in [2.75, 3.05) is 15.5 Å². The van der Waals surface area contributed by atoms with Crippen LogP contribution in [-0.4, -0.2) is 29.8 Å². The Morgan fingerprint density at radius 3 is 1.95 bits per heavy atom. The molecule has 0 saturated heterocycles. The number of esters is 1. The molecule has 0 saturated carbocycles. The number of hydrogen-bond donors (Lipinski definition) is 2. The molecule has 3 aromatic carbocycles. The van der Waals surface area contributed by atoms with E-state index in [0.29, 0.717) is 33.2 Å². The first-order valence-electron chi connectivity index (χ1n) is 11.2. The third kappa shape index (κ3) is 5.82. The Bertz CT molecular complexity index is 1400. The van der Waals surface area contributed by atoms with Gasteiger partial charge in [-0.05, 0) is 86.6 Å². The van der Waals surface area contributed by atoms with E-state index in [2.05, 4.69) is 10.6 Å². The second-order valence-electron chi connectivity index (χ2n) is 8.30. The van der Waals surface area contributed by atoms with Gasteiger partial charge in [-0.15, -0.1) is 0 Å². The van der Waals surface area contributed by atoms with Crippen molar-refractivity contribution in [2.45, 2.75) is 20.0 Å². The summed E-state index contributed by atoms with van der Waals surface area (Å²) >= 11 is 12.0. The molecular weight excluding hydrogens is 517 g/mol. The predicted molar refractivity (Wildman–Crippen MR) is 142 cm³/mol. The molecule has 3 amide bonds. The zero-order chi connectivity index (χ0) is 26.7. The van der Waals surface area contributed by atoms with Gasteiger partial charge >= 0.3 is 5.97 Å². The number of benzene rings is 3. The van der Waals surface area contributed by atoms with E-state index in [-0.39, 0.29) is 22.7 Å². The maximum Gasteiger partial charge on any atom is 0.338 e. The predicted octanol–water partition coefficient (Wildman–Crippen LogP) is 5.59. The molecule has 3 aromatic rings. The maximum atomic E-state index is 12.9. The first kappa shape index (κ1) is 25.9. The normalized spacial score (nSPS) is 13.3. The monoisotopic (exact) mass is 537 g/mol. The standard InChI is InChI=1S/C27H21Cl2N3O5/c1-15(2)37-27(36)17-5-11-20(12-6-17)31-24(33)16-3-9-19(10-4-16)30-23-22(29)25(34)32(26(23)35)21-13-7-18(28)8-14-21/h3-15,30H,1-2H3,(H,31,33). The Labute approximate surface area is 222 Å². The molecule has 0 bridgehead atoms. The zero-order valence-electron chi connectivity index (χ0n) is 19.7. The van der Waals surface area contributed by atoms with Crippen LogP contribution in [0.15, 0.2) is 83.5 Å². The third-order valence-electron chi connectivity index (χ3n) is 5.25. The second kappa shape index (κ2) is 10.9. The molecule has 0 radical (unpaired) electrons. The summed E-state index contributed by atoms with van der Waals surface area (Å²) < 4.78 is 5.15. The van der Waals surface area contributed by atoms with Gasteiger partial charge in [0.05, 0.1) is 17.4 Å². The van der Waals surface area contributed by atoms with Crippen molar-refractivity contribution in [3.63, 3.8) is 0 Å². The fraction of sp³-hybridized carbons (Fsp3) is 0.111. The summed E-state index contributed by atoms with van der Waals surface area (Å²) in [7, 11) is 0. The highest BCUT2D eigenvalue weighted by atomic mass is 35.5. The molecule has 0 spiro atoms. The van der Waals surface area contributed by atoms with Crippen LogP contribution in [-0.2, 0) is 14.3 Å². The van der Waals surface area contributed by atoms with Gasteiger partial charge in [-0.1, -0.05) is 23.2 Å². The molecule has 0 unspecified atom stereocenters.